The summed E-state index contributed by atoms with van der Waals surface area (Å²) in [6.07, 6.45) is 0.428. The van der Waals surface area contributed by atoms with Gasteiger partial charge >= 0.3 is 5.97 Å². The maximum Gasteiger partial charge on any atom is 0.303 e. The van der Waals surface area contributed by atoms with Crippen LogP contribution in [0.3, 0.4) is 0 Å². The standard InChI is InChI=1S/C7H9NO4S/c9-5-4-12-7(13)8(5)3-1-2-6(10)11/h1-4H2,(H,10,11). The van der Waals surface area contributed by atoms with Crippen LogP contribution >= 0.6 is 12.2 Å². The van der Waals surface area contributed by atoms with E-state index in [1.807, 2.05) is 0 Å². The fraction of sp³-hybridized carbons (Fsp3) is 0.571. The molecule has 72 valence electrons. The number of carboxylic acid groups (broad SMARTS) is 1. The van der Waals surface area contributed by atoms with Crippen LogP contribution in [-0.4, -0.2) is 40.2 Å². The molecule has 1 aliphatic heterocycles. The summed E-state index contributed by atoms with van der Waals surface area (Å²) >= 11 is 4.73. The van der Waals surface area contributed by atoms with Gasteiger partial charge in [-0.05, 0) is 18.6 Å². The van der Waals surface area contributed by atoms with E-state index in [9.17, 15) is 9.59 Å². The first-order valence-corrected chi connectivity index (χ1v) is 4.21. The van der Waals surface area contributed by atoms with Crippen molar-refractivity contribution in [2.75, 3.05) is 13.2 Å². The first-order valence-electron chi connectivity index (χ1n) is 3.80. The van der Waals surface area contributed by atoms with E-state index in [0.29, 0.717) is 13.0 Å². The number of carbonyl (C=O) groups is 2. The normalized spacial score (nSPS) is 16.2. The molecule has 0 atom stereocenters. The first-order chi connectivity index (χ1) is 6.11. The van der Waals surface area contributed by atoms with Crippen molar-refractivity contribution in [2.45, 2.75) is 12.8 Å². The summed E-state index contributed by atoms with van der Waals surface area (Å²) in [5.74, 6) is -1.08. The Morgan fingerprint density at radius 1 is 1.69 bits per heavy atom. The molecule has 5 nitrogen and oxygen atoms in total. The maximum absolute atomic E-state index is 11.0. The van der Waals surface area contributed by atoms with Gasteiger partial charge in [0.2, 0.25) is 0 Å². The molecular weight excluding hydrogens is 194 g/mol. The predicted octanol–water partition coefficient (Wildman–Crippen LogP) is -0.00510. The molecule has 1 saturated heterocycles. The van der Waals surface area contributed by atoms with Crippen molar-refractivity contribution in [3.8, 4) is 0 Å². The Morgan fingerprint density at radius 2 is 2.38 bits per heavy atom. The zero-order chi connectivity index (χ0) is 9.84. The third-order valence-electron chi connectivity index (χ3n) is 1.61. The zero-order valence-electron chi connectivity index (χ0n) is 6.86. The fourth-order valence-corrected chi connectivity index (χ4v) is 1.24. The van der Waals surface area contributed by atoms with Crippen LogP contribution in [0.5, 0.6) is 0 Å². The average Bonchev–Trinajstić information content (AvgIpc) is 2.34. The number of ether oxygens (including phenoxy) is 1. The molecule has 1 heterocycles. The van der Waals surface area contributed by atoms with Gasteiger partial charge in [0, 0.05) is 13.0 Å². The van der Waals surface area contributed by atoms with Gasteiger partial charge in [0.05, 0.1) is 0 Å². The summed E-state index contributed by atoms with van der Waals surface area (Å²) in [5, 5.41) is 8.50. The third-order valence-corrected chi connectivity index (χ3v) is 1.95. The van der Waals surface area contributed by atoms with E-state index in [4.69, 9.17) is 22.1 Å². The van der Waals surface area contributed by atoms with Crippen molar-refractivity contribution in [1.82, 2.24) is 4.90 Å². The number of hydrogen-bond donors (Lipinski definition) is 1. The van der Waals surface area contributed by atoms with Crippen LogP contribution < -0.4 is 0 Å². The average molecular weight is 203 g/mol. The van der Waals surface area contributed by atoms with E-state index in [2.05, 4.69) is 0 Å². The molecular formula is C7H9NO4S. The predicted molar refractivity (Wildman–Crippen MR) is 47.1 cm³/mol. The van der Waals surface area contributed by atoms with Crippen molar-refractivity contribution in [3.05, 3.63) is 0 Å². The van der Waals surface area contributed by atoms with Gasteiger partial charge in [-0.3, -0.25) is 14.5 Å². The Kier molecular flexibility index (Phi) is 3.18. The number of amides is 1. The summed E-state index contributed by atoms with van der Waals surface area (Å²) in [6, 6.07) is 0. The summed E-state index contributed by atoms with van der Waals surface area (Å²) in [7, 11) is 0. The molecule has 0 aromatic heterocycles. The monoisotopic (exact) mass is 203 g/mol. The minimum absolute atomic E-state index is 0.0219. The molecule has 1 amide bonds. The zero-order valence-corrected chi connectivity index (χ0v) is 7.67. The topological polar surface area (TPSA) is 66.8 Å². The van der Waals surface area contributed by atoms with Crippen LogP contribution in [-0.2, 0) is 14.3 Å². The number of hydrogen-bond acceptors (Lipinski definition) is 4. The van der Waals surface area contributed by atoms with Gasteiger partial charge in [0.15, 0.2) is 6.61 Å². The molecule has 1 rings (SSSR count). The summed E-state index contributed by atoms with van der Waals surface area (Å²) < 4.78 is 4.80. The second-order valence-corrected chi connectivity index (χ2v) is 2.95. The molecule has 0 aromatic rings. The lowest BCUT2D eigenvalue weighted by Gasteiger charge is -2.11. The molecule has 0 bridgehead atoms. The Labute approximate surface area is 80.3 Å². The lowest BCUT2D eigenvalue weighted by Crippen LogP contribution is -2.30. The second kappa shape index (κ2) is 4.18. The van der Waals surface area contributed by atoms with Gasteiger partial charge < -0.3 is 9.84 Å². The highest BCUT2D eigenvalue weighted by atomic mass is 32.1. The van der Waals surface area contributed by atoms with E-state index >= 15 is 0 Å². The van der Waals surface area contributed by atoms with Gasteiger partial charge in [-0.15, -0.1) is 0 Å². The number of carbonyl (C=O) groups excluding carboxylic acids is 1. The molecule has 1 fully saturated rings. The summed E-state index contributed by atoms with van der Waals surface area (Å²) in [4.78, 5) is 22.5. The fourth-order valence-electron chi connectivity index (χ4n) is 0.986. The van der Waals surface area contributed by atoms with Gasteiger partial charge in [-0.1, -0.05) is 0 Å². The second-order valence-electron chi connectivity index (χ2n) is 2.60. The molecule has 0 radical (unpaired) electrons. The minimum Gasteiger partial charge on any atom is -0.481 e. The van der Waals surface area contributed by atoms with E-state index in [-0.39, 0.29) is 24.1 Å². The molecule has 0 aliphatic carbocycles. The van der Waals surface area contributed by atoms with Gasteiger partial charge in [0.25, 0.3) is 11.1 Å². The molecule has 6 heteroatoms. The van der Waals surface area contributed by atoms with E-state index in [1.54, 1.807) is 0 Å². The highest BCUT2D eigenvalue weighted by Gasteiger charge is 2.26. The van der Waals surface area contributed by atoms with Gasteiger partial charge in [-0.2, -0.15) is 0 Å². The van der Waals surface area contributed by atoms with Crippen LogP contribution in [0.25, 0.3) is 0 Å². The Bertz CT molecular complexity index is 237. The van der Waals surface area contributed by atoms with Crippen molar-refractivity contribution >= 4 is 29.3 Å². The summed E-state index contributed by atoms with van der Waals surface area (Å²) in [5.41, 5.74) is 0. The molecule has 1 aliphatic rings. The van der Waals surface area contributed by atoms with Gasteiger partial charge in [-0.25, -0.2) is 0 Å². The quantitative estimate of drug-likeness (QED) is 0.651. The van der Waals surface area contributed by atoms with Crippen LogP contribution in [0.15, 0.2) is 0 Å². The Morgan fingerprint density at radius 3 is 2.85 bits per heavy atom. The van der Waals surface area contributed by atoms with Crippen LogP contribution in [0, 0.1) is 0 Å². The van der Waals surface area contributed by atoms with Crippen LogP contribution in [0.2, 0.25) is 0 Å². The van der Waals surface area contributed by atoms with Crippen molar-refractivity contribution in [2.24, 2.45) is 0 Å². The lowest BCUT2D eigenvalue weighted by molar-refractivity contribution is -0.137. The number of aliphatic carboxylic acids is 1. The molecule has 0 aromatic carbocycles. The van der Waals surface area contributed by atoms with E-state index < -0.39 is 5.97 Å². The van der Waals surface area contributed by atoms with Crippen molar-refractivity contribution < 1.29 is 19.4 Å². The Balaban J connectivity index is 2.31. The highest BCUT2D eigenvalue weighted by Crippen LogP contribution is 2.07. The Hall–Kier alpha value is -1.17. The largest absolute Gasteiger partial charge is 0.481 e. The molecule has 13 heavy (non-hydrogen) atoms. The van der Waals surface area contributed by atoms with E-state index in [0.717, 1.165) is 0 Å². The maximum atomic E-state index is 11.0. The number of nitrogens with zero attached hydrogens (tertiary/aromatic N) is 1. The molecule has 0 saturated carbocycles. The van der Waals surface area contributed by atoms with E-state index in [1.165, 1.54) is 4.90 Å². The molecule has 0 spiro atoms. The number of rotatable bonds is 4. The first kappa shape index (κ1) is 9.91. The highest BCUT2D eigenvalue weighted by molar-refractivity contribution is 7.80. The van der Waals surface area contributed by atoms with Crippen LogP contribution in [0.1, 0.15) is 12.8 Å². The number of carboxylic acids is 1. The number of thiocarbonyl (C=S) groups is 1. The molecule has 0 unspecified atom stereocenters. The van der Waals surface area contributed by atoms with Crippen LogP contribution in [0.4, 0.5) is 0 Å². The third kappa shape index (κ3) is 2.66. The minimum atomic E-state index is -0.876. The summed E-state index contributed by atoms with van der Waals surface area (Å²) in [6.45, 7) is 0.301. The molecule has 1 N–H and O–H groups in total. The SMILES string of the molecule is O=C(O)CCCN1C(=O)COC1=S. The smallest absolute Gasteiger partial charge is 0.303 e. The van der Waals surface area contributed by atoms with Crippen molar-refractivity contribution in [1.29, 1.82) is 0 Å². The van der Waals surface area contributed by atoms with Crippen molar-refractivity contribution in [3.63, 3.8) is 0 Å². The van der Waals surface area contributed by atoms with Gasteiger partial charge in [0.1, 0.15) is 0 Å². The lowest BCUT2D eigenvalue weighted by atomic mass is 10.3.